The summed E-state index contributed by atoms with van der Waals surface area (Å²) >= 11 is 6.50. The first-order chi connectivity index (χ1) is 37.8. The molecule has 3 amide bonds. The van der Waals surface area contributed by atoms with E-state index in [1.807, 2.05) is 20.8 Å². The normalized spacial score (nSPS) is 16.3. The van der Waals surface area contributed by atoms with Gasteiger partial charge in [0.25, 0.3) is 0 Å². The number of ketones is 2. The molecule has 2 fully saturated rings. The first-order valence-corrected chi connectivity index (χ1v) is 26.1. The number of fused-ring (bicyclic) bond motifs is 2. The number of rotatable bonds is 14. The third-order valence-corrected chi connectivity index (χ3v) is 13.0. The molecule has 4 N–H and O–H groups in total. The maximum atomic E-state index is 13.5. The number of aryl methyl sites for hydroxylation is 2. The zero-order valence-corrected chi connectivity index (χ0v) is 47.5. The smallest absolute Gasteiger partial charge is 0.325 e. The number of likely N-dealkylation sites (tertiary alicyclic amines) is 1. The number of hydrogen-bond donors (Lipinski definition) is 4. The molecule has 2 saturated heterocycles. The molecule has 80 heavy (non-hydrogen) atoms. The van der Waals surface area contributed by atoms with Crippen LogP contribution in [-0.4, -0.2) is 126 Å². The van der Waals surface area contributed by atoms with E-state index in [-0.39, 0.29) is 97.1 Å². The Morgan fingerprint density at radius 2 is 1.18 bits per heavy atom. The van der Waals surface area contributed by atoms with Crippen LogP contribution in [0.2, 0.25) is 0 Å². The van der Waals surface area contributed by atoms with E-state index in [2.05, 4.69) is 87.9 Å². The highest BCUT2D eigenvalue weighted by Gasteiger charge is 2.38. The molecule has 4 atom stereocenters. The fourth-order valence-corrected chi connectivity index (χ4v) is 9.16. The van der Waals surface area contributed by atoms with Gasteiger partial charge in [-0.3, -0.25) is 38.1 Å². The number of aliphatic carboxylic acids is 1. The second-order valence-corrected chi connectivity index (χ2v) is 20.2. The number of anilines is 2. The third kappa shape index (κ3) is 15.3. The Labute approximate surface area is 479 Å². The second kappa shape index (κ2) is 26.6. The molecular formula is C53H52Br2ClFN14O9. The number of carbonyl (C=O) groups is 6. The van der Waals surface area contributed by atoms with Gasteiger partial charge in [-0.15, -0.1) is 12.4 Å². The highest BCUT2D eigenvalue weighted by molar-refractivity contribution is 9.10. The first-order valence-electron chi connectivity index (χ1n) is 24.5. The van der Waals surface area contributed by atoms with Crippen molar-refractivity contribution in [3.63, 3.8) is 0 Å². The Kier molecular flexibility index (Phi) is 19.8. The molecule has 27 heteroatoms. The summed E-state index contributed by atoms with van der Waals surface area (Å²) < 4.78 is 28.2. The van der Waals surface area contributed by atoms with Gasteiger partial charge in [-0.05, 0) is 130 Å². The van der Waals surface area contributed by atoms with Crippen LogP contribution in [0.1, 0.15) is 65.7 Å². The molecule has 0 unspecified atom stereocenters. The van der Waals surface area contributed by atoms with E-state index in [0.29, 0.717) is 67.1 Å². The van der Waals surface area contributed by atoms with Crippen LogP contribution in [0, 0.1) is 19.8 Å². The number of pyridine rings is 2. The molecule has 0 radical (unpaired) electrons. The summed E-state index contributed by atoms with van der Waals surface area (Å²) in [6.07, 6.45) is 6.37. The van der Waals surface area contributed by atoms with Crippen molar-refractivity contribution < 1.29 is 47.7 Å². The highest BCUT2D eigenvalue weighted by atomic mass is 79.9. The number of carboxylic acid groups (broad SMARTS) is 1. The van der Waals surface area contributed by atoms with E-state index in [1.54, 1.807) is 102 Å². The molecular weight excluding hydrogens is 1190 g/mol. The predicted octanol–water partition coefficient (Wildman–Crippen LogP) is 8.28. The van der Waals surface area contributed by atoms with Gasteiger partial charge in [-0.25, -0.2) is 34.3 Å². The van der Waals surface area contributed by atoms with Gasteiger partial charge in [0.15, 0.2) is 11.6 Å². The van der Waals surface area contributed by atoms with Gasteiger partial charge >= 0.3 is 18.0 Å². The molecule has 10 rings (SSSR count). The maximum Gasteiger partial charge on any atom is 0.325 e. The van der Waals surface area contributed by atoms with Crippen LogP contribution in [0.15, 0.2) is 107 Å². The van der Waals surface area contributed by atoms with Crippen molar-refractivity contribution in [1.82, 2.24) is 59.7 Å². The second-order valence-electron chi connectivity index (χ2n) is 18.5. The summed E-state index contributed by atoms with van der Waals surface area (Å²) in [5.41, 5.74) is 3.36. The van der Waals surface area contributed by atoms with Gasteiger partial charge < -0.3 is 35.4 Å². The highest BCUT2D eigenvalue weighted by Crippen LogP contribution is 2.30. The van der Waals surface area contributed by atoms with Crippen molar-refractivity contribution in [1.29, 1.82) is 0 Å². The molecule has 0 saturated carbocycles. The zero-order chi connectivity index (χ0) is 56.5. The van der Waals surface area contributed by atoms with E-state index in [0.717, 1.165) is 11.1 Å². The lowest BCUT2D eigenvalue weighted by Crippen LogP contribution is -2.44. The Hall–Kier alpha value is -8.20. The Bertz CT molecular complexity index is 3590. The van der Waals surface area contributed by atoms with Gasteiger partial charge in [0.1, 0.15) is 69.0 Å². The number of halogens is 4. The topological polar surface area (TPSA) is 293 Å². The summed E-state index contributed by atoms with van der Waals surface area (Å²) in [5, 5.41) is 26.8. The summed E-state index contributed by atoms with van der Waals surface area (Å²) in [7, 11) is 0. The van der Waals surface area contributed by atoms with Crippen LogP contribution in [0.4, 0.5) is 16.0 Å². The molecule has 0 bridgehead atoms. The number of Topliss-reactive ketones (excluding diaryl/α,β-unsaturated/α-hetero) is 2. The summed E-state index contributed by atoms with van der Waals surface area (Å²) in [4.78, 5) is 99.7. The largest absolute Gasteiger partial charge is 0.480 e. The van der Waals surface area contributed by atoms with E-state index in [4.69, 9.17) is 14.6 Å². The van der Waals surface area contributed by atoms with Crippen molar-refractivity contribution in [2.45, 2.75) is 78.8 Å². The number of carboxylic acids is 1. The van der Waals surface area contributed by atoms with Gasteiger partial charge in [-0.2, -0.15) is 10.2 Å². The van der Waals surface area contributed by atoms with E-state index in [9.17, 15) is 33.2 Å². The number of alkyl halides is 1. The van der Waals surface area contributed by atoms with Gasteiger partial charge in [0, 0.05) is 68.9 Å². The van der Waals surface area contributed by atoms with E-state index >= 15 is 0 Å². The number of amides is 3. The molecule has 2 aliphatic heterocycles. The molecule has 0 spiro atoms. The van der Waals surface area contributed by atoms with Crippen LogP contribution in [0.3, 0.4) is 0 Å². The van der Waals surface area contributed by atoms with Crippen LogP contribution < -0.4 is 25.4 Å². The lowest BCUT2D eigenvalue weighted by atomic mass is 10.1. The minimum absolute atomic E-state index is 0. The van der Waals surface area contributed by atoms with Crippen molar-refractivity contribution in [3.8, 4) is 23.5 Å². The number of nitrogens with zero attached hydrogens (tertiary/aromatic N) is 11. The van der Waals surface area contributed by atoms with Crippen molar-refractivity contribution in [2.24, 2.45) is 5.92 Å². The molecule has 8 aromatic rings. The number of ether oxygens (including phenoxy) is 2. The van der Waals surface area contributed by atoms with Crippen molar-refractivity contribution >= 4 is 113 Å². The zero-order valence-electron chi connectivity index (χ0n) is 43.5. The summed E-state index contributed by atoms with van der Waals surface area (Å²) in [6, 6.07) is 19.8. The van der Waals surface area contributed by atoms with Crippen LogP contribution in [0.25, 0.3) is 21.8 Å². The molecule has 23 nitrogen and oxygen atoms in total. The molecule has 6 aromatic heterocycles. The van der Waals surface area contributed by atoms with E-state index in [1.165, 1.54) is 23.2 Å². The monoisotopic (exact) mass is 1240 g/mol. The summed E-state index contributed by atoms with van der Waals surface area (Å²) in [5.74, 6) is -0.475. The average molecular weight is 1240 g/mol. The lowest BCUT2D eigenvalue weighted by Gasteiger charge is -2.24. The summed E-state index contributed by atoms with van der Waals surface area (Å²) in [6.45, 7) is 8.77. The minimum atomic E-state index is -1.04. The maximum absolute atomic E-state index is 13.5. The lowest BCUT2D eigenvalue weighted by molar-refractivity contribution is -0.138. The third-order valence-electron chi connectivity index (χ3n) is 12.1. The number of aromatic nitrogens is 10. The molecule has 416 valence electrons. The first kappa shape index (κ1) is 59.5. The molecule has 2 aliphatic rings. The van der Waals surface area contributed by atoms with Gasteiger partial charge in [0.05, 0.1) is 17.1 Å². The minimum Gasteiger partial charge on any atom is -0.480 e. The quantitative estimate of drug-likeness (QED) is 0.0588. The van der Waals surface area contributed by atoms with Crippen LogP contribution in [-0.2, 0) is 32.3 Å². The molecule has 0 aliphatic carbocycles. The van der Waals surface area contributed by atoms with Gasteiger partial charge in [-0.1, -0.05) is 19.1 Å². The fourth-order valence-electron chi connectivity index (χ4n) is 8.47. The number of carbonyl (C=O) groups excluding carboxylic acids is 5. The van der Waals surface area contributed by atoms with Crippen molar-refractivity contribution in [2.75, 3.05) is 23.7 Å². The van der Waals surface area contributed by atoms with E-state index < -0.39 is 24.2 Å². The SMILES string of the molecule is CC(=O)c1nn(CC(=O)N2C[C@H](C)C[C@H]2C(=O)Nc2cccc(Br)n2)c2ccc(Oc3ncc(C)cn3)cc12.CC(=O)c1nn(CC(=O)O)c2ccc(Oc3ncc(C)cn3)cc12.Cl.O=C(Nc1cccc(Br)n1)[C@@H]1C[C@@H](F)CN1. The Morgan fingerprint density at radius 3 is 1.61 bits per heavy atom. The molecule has 8 heterocycles. The number of hydrogen-bond acceptors (Lipinski definition) is 17. The Morgan fingerprint density at radius 1 is 0.700 bits per heavy atom. The number of nitrogens with one attached hydrogen (secondary N) is 3. The Balaban J connectivity index is 0.000000191. The average Bonchev–Trinajstić information content (AvgIpc) is 4.22. The van der Waals surface area contributed by atoms with Crippen LogP contribution >= 0.6 is 44.3 Å². The fraction of sp³-hybridized carbons (Fsp3) is 0.283. The predicted molar refractivity (Wildman–Crippen MR) is 300 cm³/mol. The number of benzene rings is 2. The standard InChI is InChI=1S/C27H26BrN7O4.C16H14N4O4.C10H11BrFN3O.ClH/c1-15-9-21(26(38)32-23-6-4-5-22(28)31-23)34(13-15)24(37)14-35-20-8-7-18(10-19(20)25(33-35)17(3)36)39-27-29-11-16(2)12-30-27;1-9-6-17-16(18-7-9)24-11-3-4-13-12(5-11)15(10(2)21)19-20(13)8-14(22)23;11-8-2-1-3-9(14-8)15-10(16)7-4-6(12)5-13-7;/h4-8,10-12,15,21H,9,13-14H2,1-3H3,(H,31,32,38);3-7H,8H2,1-2H3,(H,22,23);1-3,6-7,13H,4-5H2,(H,14,15,16);1H/t15-,21+;;6-,7+;/m1.1./s1. The molecule has 2 aromatic carbocycles. The van der Waals surface area contributed by atoms with Gasteiger partial charge in [0.2, 0.25) is 17.7 Å². The van der Waals surface area contributed by atoms with Crippen LogP contribution in [0.5, 0.6) is 23.5 Å². The van der Waals surface area contributed by atoms with Crippen molar-refractivity contribution in [3.05, 3.63) is 129 Å².